The maximum Gasteiger partial charge on any atom is 0.141 e. The molecule has 0 unspecified atom stereocenters. The minimum atomic E-state index is 0.801. The molecule has 0 aliphatic rings. The molecule has 9 aromatic rings. The Morgan fingerprint density at radius 3 is 1.89 bits per heavy atom. The van der Waals surface area contributed by atoms with Gasteiger partial charge in [0.15, 0.2) is 0 Å². The molecule has 2 aromatic heterocycles. The molecule has 0 saturated heterocycles. The number of benzene rings is 7. The minimum absolute atomic E-state index is 0.801. The zero-order chi connectivity index (χ0) is 29.0. The van der Waals surface area contributed by atoms with Crippen LogP contribution in [0.5, 0.6) is 0 Å². The van der Waals surface area contributed by atoms with Gasteiger partial charge in [0.2, 0.25) is 0 Å². The lowest BCUT2D eigenvalue weighted by Crippen LogP contribution is -2.11. The van der Waals surface area contributed by atoms with Gasteiger partial charge in [0, 0.05) is 34.4 Å². The summed E-state index contributed by atoms with van der Waals surface area (Å²) in [6, 6.07) is 53.6. The number of fused-ring (bicyclic) bond motifs is 8. The van der Waals surface area contributed by atoms with E-state index in [2.05, 4.69) is 132 Å². The van der Waals surface area contributed by atoms with E-state index >= 15 is 0 Å². The molecule has 0 bridgehead atoms. The molecule has 0 spiro atoms. The Morgan fingerprint density at radius 1 is 0.409 bits per heavy atom. The summed E-state index contributed by atoms with van der Waals surface area (Å²) in [5.74, 6) is 0.801. The Labute approximate surface area is 254 Å². The van der Waals surface area contributed by atoms with E-state index in [1.807, 2.05) is 30.5 Å². The summed E-state index contributed by atoms with van der Waals surface area (Å²) < 4.78 is 6.28. The maximum absolute atomic E-state index is 6.28. The van der Waals surface area contributed by atoms with Gasteiger partial charge < -0.3 is 4.42 Å². The van der Waals surface area contributed by atoms with Crippen molar-refractivity contribution in [3.8, 4) is 11.1 Å². The highest BCUT2D eigenvalue weighted by atomic mass is 16.3. The molecule has 7 aromatic carbocycles. The van der Waals surface area contributed by atoms with Crippen LogP contribution in [-0.4, -0.2) is 4.98 Å². The van der Waals surface area contributed by atoms with Crippen LogP contribution in [0.15, 0.2) is 162 Å². The summed E-state index contributed by atoms with van der Waals surface area (Å²) in [5, 5.41) is 9.57. The highest BCUT2D eigenvalue weighted by Crippen LogP contribution is 2.40. The molecule has 0 saturated carbocycles. The van der Waals surface area contributed by atoms with Gasteiger partial charge in [-0.2, -0.15) is 0 Å². The Balaban J connectivity index is 1.22. The molecular formula is C41H26N2O. The van der Waals surface area contributed by atoms with Crippen molar-refractivity contribution in [2.75, 3.05) is 4.90 Å². The Kier molecular flexibility index (Phi) is 5.50. The molecule has 0 atom stereocenters. The van der Waals surface area contributed by atoms with E-state index in [4.69, 9.17) is 9.40 Å². The van der Waals surface area contributed by atoms with Crippen molar-refractivity contribution in [2.24, 2.45) is 0 Å². The lowest BCUT2D eigenvalue weighted by molar-refractivity contribution is 0.668. The molecule has 0 N–H and O–H groups in total. The zero-order valence-corrected chi connectivity index (χ0v) is 23.8. The predicted molar refractivity (Wildman–Crippen MR) is 184 cm³/mol. The van der Waals surface area contributed by atoms with Gasteiger partial charge in [-0.3, -0.25) is 4.90 Å². The van der Waals surface area contributed by atoms with Crippen molar-refractivity contribution in [3.05, 3.63) is 158 Å². The number of nitrogens with zero attached hydrogens (tertiary/aromatic N) is 2. The van der Waals surface area contributed by atoms with Gasteiger partial charge in [0.05, 0.1) is 0 Å². The van der Waals surface area contributed by atoms with Gasteiger partial charge in [-0.15, -0.1) is 0 Å². The summed E-state index contributed by atoms with van der Waals surface area (Å²) in [4.78, 5) is 7.21. The highest BCUT2D eigenvalue weighted by Gasteiger charge is 2.18. The number of furan rings is 1. The van der Waals surface area contributed by atoms with Crippen LogP contribution in [0.25, 0.3) is 65.4 Å². The average molecular weight is 563 g/mol. The number of para-hydroxylation sites is 1. The number of pyridine rings is 1. The van der Waals surface area contributed by atoms with Gasteiger partial charge in [0.1, 0.15) is 17.0 Å². The van der Waals surface area contributed by atoms with Crippen LogP contribution in [-0.2, 0) is 0 Å². The van der Waals surface area contributed by atoms with Crippen LogP contribution in [0.1, 0.15) is 0 Å². The Bertz CT molecular complexity index is 2490. The molecule has 9 rings (SSSR count). The summed E-state index contributed by atoms with van der Waals surface area (Å²) >= 11 is 0. The van der Waals surface area contributed by atoms with Crippen LogP contribution in [0, 0.1) is 0 Å². The van der Waals surface area contributed by atoms with E-state index < -0.39 is 0 Å². The first kappa shape index (κ1) is 24.6. The van der Waals surface area contributed by atoms with Crippen LogP contribution < -0.4 is 4.90 Å². The average Bonchev–Trinajstić information content (AvgIpc) is 3.47. The quantitative estimate of drug-likeness (QED) is 0.200. The topological polar surface area (TPSA) is 29.3 Å². The van der Waals surface area contributed by atoms with E-state index in [0.717, 1.165) is 39.1 Å². The lowest BCUT2D eigenvalue weighted by atomic mass is 9.96. The Hall–Kier alpha value is -5.93. The second-order valence-electron chi connectivity index (χ2n) is 11.2. The first-order valence-electron chi connectivity index (χ1n) is 14.9. The number of aromatic nitrogens is 1. The largest absolute Gasteiger partial charge is 0.456 e. The maximum atomic E-state index is 6.28. The molecule has 206 valence electrons. The fourth-order valence-electron chi connectivity index (χ4n) is 6.53. The fourth-order valence-corrected chi connectivity index (χ4v) is 6.53. The summed E-state index contributed by atoms with van der Waals surface area (Å²) in [6.45, 7) is 0. The normalized spacial score (nSPS) is 11.6. The summed E-state index contributed by atoms with van der Waals surface area (Å²) in [6.07, 6.45) is 1.93. The van der Waals surface area contributed by atoms with Crippen molar-refractivity contribution < 1.29 is 4.42 Å². The van der Waals surface area contributed by atoms with Gasteiger partial charge in [-0.1, -0.05) is 115 Å². The zero-order valence-electron chi connectivity index (χ0n) is 23.8. The number of anilines is 3. The Morgan fingerprint density at radius 2 is 1.05 bits per heavy atom. The van der Waals surface area contributed by atoms with Crippen molar-refractivity contribution in [1.82, 2.24) is 4.98 Å². The van der Waals surface area contributed by atoms with Crippen molar-refractivity contribution in [1.29, 1.82) is 0 Å². The summed E-state index contributed by atoms with van der Waals surface area (Å²) in [5.41, 5.74) is 6.11. The third-order valence-electron chi connectivity index (χ3n) is 8.69. The van der Waals surface area contributed by atoms with Crippen LogP contribution >= 0.6 is 0 Å². The first-order valence-corrected chi connectivity index (χ1v) is 14.9. The van der Waals surface area contributed by atoms with Crippen molar-refractivity contribution in [3.63, 3.8) is 0 Å². The van der Waals surface area contributed by atoms with E-state index in [-0.39, 0.29) is 0 Å². The highest BCUT2D eigenvalue weighted by molar-refractivity contribution is 6.17. The monoisotopic (exact) mass is 562 g/mol. The third kappa shape index (κ3) is 3.94. The van der Waals surface area contributed by atoms with Gasteiger partial charge in [-0.25, -0.2) is 4.98 Å². The predicted octanol–water partition coefficient (Wildman–Crippen LogP) is 11.6. The van der Waals surface area contributed by atoms with Gasteiger partial charge in [0.25, 0.3) is 0 Å². The molecule has 0 radical (unpaired) electrons. The first-order chi connectivity index (χ1) is 21.8. The molecule has 0 fully saturated rings. The van der Waals surface area contributed by atoms with E-state index in [9.17, 15) is 0 Å². The lowest BCUT2D eigenvalue weighted by Gasteiger charge is -2.25. The van der Waals surface area contributed by atoms with Crippen molar-refractivity contribution >= 4 is 71.4 Å². The third-order valence-corrected chi connectivity index (χ3v) is 8.69. The molecule has 0 aliphatic heterocycles. The SMILES string of the molecule is c1ccc(-c2ccc(N(c3ccc4c(ccc5c6ccccc6ccc45)c3)c3cc4oc5ccccc5c4cn3)cc2)cc1. The van der Waals surface area contributed by atoms with Crippen LogP contribution in [0.2, 0.25) is 0 Å². The molecule has 3 nitrogen and oxygen atoms in total. The van der Waals surface area contributed by atoms with Crippen LogP contribution in [0.4, 0.5) is 17.2 Å². The molecule has 2 heterocycles. The smallest absolute Gasteiger partial charge is 0.141 e. The van der Waals surface area contributed by atoms with Gasteiger partial charge >= 0.3 is 0 Å². The number of hydrogen-bond acceptors (Lipinski definition) is 3. The molecule has 44 heavy (non-hydrogen) atoms. The second-order valence-corrected chi connectivity index (χ2v) is 11.2. The standard InChI is InChI=1S/C41H26N2O/c1-2-8-27(9-3-1)28-14-18-31(19-15-28)43(41-25-40-38(26-42-41)37-12-6-7-13-39(37)44-40)32-20-23-34-30(24-32)17-22-35-33-11-5-4-10-29(33)16-21-36(34)35/h1-26H. The minimum Gasteiger partial charge on any atom is -0.456 e. The molecule has 0 aliphatic carbocycles. The van der Waals surface area contributed by atoms with E-state index in [0.29, 0.717) is 0 Å². The number of rotatable bonds is 4. The van der Waals surface area contributed by atoms with Crippen LogP contribution in [0.3, 0.4) is 0 Å². The second kappa shape index (κ2) is 9.82. The fraction of sp³-hybridized carbons (Fsp3) is 0. The molecule has 3 heteroatoms. The van der Waals surface area contributed by atoms with Gasteiger partial charge in [-0.05, 0) is 73.8 Å². The van der Waals surface area contributed by atoms with E-state index in [1.54, 1.807) is 0 Å². The summed E-state index contributed by atoms with van der Waals surface area (Å²) in [7, 11) is 0. The van der Waals surface area contributed by atoms with E-state index in [1.165, 1.54) is 43.4 Å². The number of hydrogen-bond donors (Lipinski definition) is 0. The molecular weight excluding hydrogens is 536 g/mol. The van der Waals surface area contributed by atoms with Crippen molar-refractivity contribution in [2.45, 2.75) is 0 Å². The molecule has 0 amide bonds.